The molecular formula is C14H12N4O3. The summed E-state index contributed by atoms with van der Waals surface area (Å²) in [5.41, 5.74) is 6.40. The van der Waals surface area contributed by atoms with Gasteiger partial charge in [-0.1, -0.05) is 12.1 Å². The van der Waals surface area contributed by atoms with Crippen LogP contribution < -0.4 is 11.1 Å². The second kappa shape index (κ2) is 4.78. The summed E-state index contributed by atoms with van der Waals surface area (Å²) in [5.74, 6) is -1.22. The third kappa shape index (κ3) is 2.14. The van der Waals surface area contributed by atoms with Gasteiger partial charge in [0.1, 0.15) is 17.0 Å². The Bertz CT molecular complexity index is 847. The maximum atomic E-state index is 12.2. The molecule has 2 amide bonds. The van der Waals surface area contributed by atoms with Crippen LogP contribution in [0.25, 0.3) is 11.0 Å². The van der Waals surface area contributed by atoms with Gasteiger partial charge in [0.2, 0.25) is 5.76 Å². The van der Waals surface area contributed by atoms with Crippen molar-refractivity contribution in [2.45, 2.75) is 0 Å². The van der Waals surface area contributed by atoms with Gasteiger partial charge in [-0.25, -0.2) is 0 Å². The van der Waals surface area contributed by atoms with Gasteiger partial charge >= 0.3 is 0 Å². The predicted molar refractivity (Wildman–Crippen MR) is 75.9 cm³/mol. The molecule has 0 atom stereocenters. The van der Waals surface area contributed by atoms with E-state index in [-0.39, 0.29) is 11.4 Å². The Morgan fingerprint density at radius 1 is 1.29 bits per heavy atom. The molecule has 0 aliphatic heterocycles. The Balaban J connectivity index is 2.07. The number of rotatable bonds is 3. The van der Waals surface area contributed by atoms with E-state index < -0.39 is 11.8 Å². The number of nitrogens with zero attached hydrogens (tertiary/aromatic N) is 2. The molecule has 0 aliphatic rings. The predicted octanol–water partition coefficient (Wildman–Crippen LogP) is 1.52. The lowest BCUT2D eigenvalue weighted by molar-refractivity contribution is 0.0977. The second-order valence-electron chi connectivity index (χ2n) is 4.46. The van der Waals surface area contributed by atoms with Crippen LogP contribution in [0, 0.1) is 0 Å². The van der Waals surface area contributed by atoms with Crippen LogP contribution in [0.4, 0.5) is 5.69 Å². The van der Waals surface area contributed by atoms with Gasteiger partial charge in [-0.2, -0.15) is 5.10 Å². The van der Waals surface area contributed by atoms with Crippen molar-refractivity contribution < 1.29 is 14.0 Å². The number of carbonyl (C=O) groups is 2. The largest absolute Gasteiger partial charge is 0.449 e. The fourth-order valence-electron chi connectivity index (χ4n) is 2.12. The molecule has 2 heterocycles. The Hall–Kier alpha value is -3.09. The highest BCUT2D eigenvalue weighted by atomic mass is 16.3. The van der Waals surface area contributed by atoms with E-state index >= 15 is 0 Å². The number of carbonyl (C=O) groups excluding carboxylic acids is 2. The summed E-state index contributed by atoms with van der Waals surface area (Å²) < 4.78 is 6.83. The van der Waals surface area contributed by atoms with Crippen LogP contribution in [0.5, 0.6) is 0 Å². The van der Waals surface area contributed by atoms with E-state index in [4.69, 9.17) is 10.2 Å². The van der Waals surface area contributed by atoms with Crippen molar-refractivity contribution in [2.75, 3.05) is 5.32 Å². The molecule has 1 aromatic carbocycles. The first-order valence-electron chi connectivity index (χ1n) is 6.18. The number of hydrogen-bond donors (Lipinski definition) is 2. The van der Waals surface area contributed by atoms with Crippen molar-refractivity contribution in [1.82, 2.24) is 9.78 Å². The van der Waals surface area contributed by atoms with E-state index in [9.17, 15) is 9.59 Å². The summed E-state index contributed by atoms with van der Waals surface area (Å²) in [4.78, 5) is 23.7. The number of aromatic nitrogens is 2. The summed E-state index contributed by atoms with van der Waals surface area (Å²) in [6, 6.07) is 8.55. The summed E-state index contributed by atoms with van der Waals surface area (Å²) >= 11 is 0. The first-order chi connectivity index (χ1) is 10.1. The van der Waals surface area contributed by atoms with Crippen molar-refractivity contribution in [2.24, 2.45) is 12.8 Å². The van der Waals surface area contributed by atoms with Crippen molar-refractivity contribution in [3.8, 4) is 0 Å². The quantitative estimate of drug-likeness (QED) is 0.760. The molecule has 0 bridgehead atoms. The third-order valence-electron chi connectivity index (χ3n) is 3.11. The molecule has 7 heteroatoms. The molecule has 0 saturated carbocycles. The second-order valence-corrected chi connectivity index (χ2v) is 4.46. The average molecular weight is 284 g/mol. The van der Waals surface area contributed by atoms with E-state index in [0.717, 1.165) is 0 Å². The minimum Gasteiger partial charge on any atom is -0.449 e. The van der Waals surface area contributed by atoms with Crippen LogP contribution in [0.15, 0.2) is 40.9 Å². The lowest BCUT2D eigenvalue weighted by Gasteiger charge is -2.05. The molecule has 3 rings (SSSR count). The minimum atomic E-state index is -0.744. The summed E-state index contributed by atoms with van der Waals surface area (Å²) in [5, 5.41) is 7.20. The Kier molecular flexibility index (Phi) is 2.94. The summed E-state index contributed by atoms with van der Waals surface area (Å²) in [6.07, 6.45) is 1.51. The van der Waals surface area contributed by atoms with Gasteiger partial charge in [0.15, 0.2) is 0 Å². The topological polar surface area (TPSA) is 103 Å². The molecule has 0 aliphatic carbocycles. The molecule has 3 N–H and O–H groups in total. The molecule has 0 spiro atoms. The van der Waals surface area contributed by atoms with Gasteiger partial charge in [-0.3, -0.25) is 14.3 Å². The summed E-state index contributed by atoms with van der Waals surface area (Å²) in [6.45, 7) is 0. The van der Waals surface area contributed by atoms with Crippen molar-refractivity contribution in [3.63, 3.8) is 0 Å². The van der Waals surface area contributed by atoms with Gasteiger partial charge in [-0.05, 0) is 18.2 Å². The van der Waals surface area contributed by atoms with E-state index in [1.165, 1.54) is 10.9 Å². The van der Waals surface area contributed by atoms with Crippen LogP contribution in [-0.2, 0) is 7.05 Å². The lowest BCUT2D eigenvalue weighted by atomic mass is 10.2. The van der Waals surface area contributed by atoms with Crippen LogP contribution in [0.3, 0.4) is 0 Å². The molecule has 21 heavy (non-hydrogen) atoms. The molecule has 0 fully saturated rings. The summed E-state index contributed by atoms with van der Waals surface area (Å²) in [7, 11) is 1.65. The fourth-order valence-corrected chi connectivity index (χ4v) is 2.12. The number of para-hydroxylation sites is 1. The number of fused-ring (bicyclic) bond motifs is 1. The molecule has 7 nitrogen and oxygen atoms in total. The number of amides is 2. The maximum Gasteiger partial charge on any atom is 0.286 e. The third-order valence-corrected chi connectivity index (χ3v) is 3.11. The van der Waals surface area contributed by atoms with Crippen LogP contribution in [0.1, 0.15) is 21.0 Å². The van der Waals surface area contributed by atoms with E-state index in [0.29, 0.717) is 16.7 Å². The van der Waals surface area contributed by atoms with Crippen LogP contribution in [0.2, 0.25) is 0 Å². The van der Waals surface area contributed by atoms with Gasteiger partial charge in [-0.15, -0.1) is 0 Å². The number of nitrogens with one attached hydrogen (secondary N) is 1. The standard InChI is InChI=1S/C14H12N4O3/c1-18-9(6-7-16-18)14(20)17-11-8-4-2-3-5-10(8)21-12(11)13(15)19/h2-7H,1H3,(H2,15,19)(H,17,20). The zero-order valence-electron chi connectivity index (χ0n) is 11.2. The van der Waals surface area contributed by atoms with E-state index in [1.54, 1.807) is 37.4 Å². The smallest absolute Gasteiger partial charge is 0.286 e. The molecular weight excluding hydrogens is 272 g/mol. The SMILES string of the molecule is Cn1nccc1C(=O)Nc1c(C(N)=O)oc2ccccc12. The first-order valence-corrected chi connectivity index (χ1v) is 6.18. The highest BCUT2D eigenvalue weighted by molar-refractivity contribution is 6.13. The van der Waals surface area contributed by atoms with Gasteiger partial charge < -0.3 is 15.5 Å². The highest BCUT2D eigenvalue weighted by Gasteiger charge is 2.21. The minimum absolute atomic E-state index is 0.0771. The van der Waals surface area contributed by atoms with Crippen LogP contribution >= 0.6 is 0 Å². The number of primary amides is 1. The molecule has 3 aromatic rings. The molecule has 2 aromatic heterocycles. The molecule has 106 valence electrons. The number of furan rings is 1. The Morgan fingerprint density at radius 2 is 2.05 bits per heavy atom. The molecule has 0 unspecified atom stereocenters. The molecule has 0 saturated heterocycles. The van der Waals surface area contributed by atoms with E-state index in [1.807, 2.05) is 0 Å². The zero-order chi connectivity index (χ0) is 15.0. The number of hydrogen-bond acceptors (Lipinski definition) is 4. The lowest BCUT2D eigenvalue weighted by Crippen LogP contribution is -2.19. The Labute approximate surface area is 119 Å². The Morgan fingerprint density at radius 3 is 2.71 bits per heavy atom. The molecule has 0 radical (unpaired) electrons. The fraction of sp³-hybridized carbons (Fsp3) is 0.0714. The van der Waals surface area contributed by atoms with Gasteiger partial charge in [0.05, 0.1) is 0 Å². The van der Waals surface area contributed by atoms with Crippen molar-refractivity contribution >= 4 is 28.5 Å². The monoisotopic (exact) mass is 284 g/mol. The number of nitrogens with two attached hydrogens (primary N) is 1. The number of aryl methyl sites for hydroxylation is 1. The van der Waals surface area contributed by atoms with E-state index in [2.05, 4.69) is 10.4 Å². The first kappa shape index (κ1) is 12.9. The maximum absolute atomic E-state index is 12.2. The van der Waals surface area contributed by atoms with Gasteiger partial charge in [0.25, 0.3) is 11.8 Å². The highest BCUT2D eigenvalue weighted by Crippen LogP contribution is 2.30. The van der Waals surface area contributed by atoms with Crippen molar-refractivity contribution in [1.29, 1.82) is 0 Å². The van der Waals surface area contributed by atoms with Crippen molar-refractivity contribution in [3.05, 3.63) is 48.0 Å². The number of anilines is 1. The number of benzene rings is 1. The van der Waals surface area contributed by atoms with Gasteiger partial charge in [0, 0.05) is 18.6 Å². The normalized spacial score (nSPS) is 10.7. The van der Waals surface area contributed by atoms with Crippen LogP contribution in [-0.4, -0.2) is 21.6 Å². The average Bonchev–Trinajstić information content (AvgIpc) is 3.03. The zero-order valence-corrected chi connectivity index (χ0v) is 11.2.